The van der Waals surface area contributed by atoms with E-state index in [1.54, 1.807) is 0 Å². The molecule has 3 N–H and O–H groups in total. The topological polar surface area (TPSA) is 98.6 Å². The summed E-state index contributed by atoms with van der Waals surface area (Å²) in [5, 5.41) is 20.9. The number of hydrogen-bond acceptors (Lipinski definition) is 4. The van der Waals surface area contributed by atoms with Gasteiger partial charge >= 0.3 is 5.97 Å². The van der Waals surface area contributed by atoms with Crippen LogP contribution < -0.4 is 5.56 Å². The smallest absolute Gasteiger partial charge is 0.345 e. The molecule has 158 valence electrons. The Bertz CT molecular complexity index is 1200. The third-order valence-corrected chi connectivity index (χ3v) is 6.03. The number of carboxylic acid groups (broad SMARTS) is 1. The van der Waals surface area contributed by atoms with Crippen molar-refractivity contribution < 1.29 is 15.0 Å². The van der Waals surface area contributed by atoms with E-state index >= 15 is 0 Å². The van der Waals surface area contributed by atoms with Crippen LogP contribution >= 0.6 is 0 Å². The minimum atomic E-state index is -1.44. The van der Waals surface area contributed by atoms with Crippen LogP contribution in [0.3, 0.4) is 0 Å². The molecule has 4 rings (SSSR count). The number of benzene rings is 1. The standard InChI is InChI=1S/C23H27N3O4/c1-12(2)18-20(24-22(28)19(21(18)27)23(29)30)13-5-8-17-14(9-13)10-16(26(17)4)11-25(3)15-6-7-15/h5,8-10,12,15H,6-7,11H2,1-4H3,(H,29,30)(H2,24,27,28). The number of rotatable bonds is 6. The van der Waals surface area contributed by atoms with Crippen molar-refractivity contribution in [1.82, 2.24) is 14.5 Å². The lowest BCUT2D eigenvalue weighted by atomic mass is 9.94. The number of pyridine rings is 1. The molecule has 30 heavy (non-hydrogen) atoms. The minimum Gasteiger partial charge on any atom is -0.506 e. The fraction of sp³-hybridized carbons (Fsp3) is 0.391. The van der Waals surface area contributed by atoms with Gasteiger partial charge in [-0.3, -0.25) is 9.69 Å². The van der Waals surface area contributed by atoms with Gasteiger partial charge in [-0.05, 0) is 49.6 Å². The number of aromatic hydroxyl groups is 1. The molecule has 0 bridgehead atoms. The highest BCUT2D eigenvalue weighted by atomic mass is 16.4. The van der Waals surface area contributed by atoms with Crippen molar-refractivity contribution in [3.63, 3.8) is 0 Å². The number of hydrogen-bond donors (Lipinski definition) is 3. The van der Waals surface area contributed by atoms with Gasteiger partial charge in [0.1, 0.15) is 5.75 Å². The van der Waals surface area contributed by atoms with Crippen LogP contribution in [0.1, 0.15) is 54.2 Å². The van der Waals surface area contributed by atoms with E-state index in [0.29, 0.717) is 17.3 Å². The summed E-state index contributed by atoms with van der Waals surface area (Å²) in [6.07, 6.45) is 2.51. The molecule has 0 saturated heterocycles. The lowest BCUT2D eigenvalue weighted by Crippen LogP contribution is -2.21. The van der Waals surface area contributed by atoms with Crippen LogP contribution in [-0.4, -0.2) is 43.7 Å². The van der Waals surface area contributed by atoms with Crippen LogP contribution in [0.25, 0.3) is 22.2 Å². The predicted molar refractivity (Wildman–Crippen MR) is 116 cm³/mol. The molecule has 1 aliphatic carbocycles. The Kier molecular flexibility index (Phi) is 4.94. The SMILES string of the molecule is CC(C)c1c(-c2ccc3c(c2)cc(CN(C)C2CC2)n3C)[nH]c(=O)c(C(=O)O)c1O. The second-order valence-electron chi connectivity index (χ2n) is 8.54. The lowest BCUT2D eigenvalue weighted by Gasteiger charge is -2.16. The van der Waals surface area contributed by atoms with Crippen LogP contribution in [0, 0.1) is 0 Å². The Hall–Kier alpha value is -3.06. The fourth-order valence-electron chi connectivity index (χ4n) is 4.21. The maximum Gasteiger partial charge on any atom is 0.345 e. The second-order valence-corrected chi connectivity index (χ2v) is 8.54. The van der Waals surface area contributed by atoms with Gasteiger partial charge in [0.2, 0.25) is 0 Å². The van der Waals surface area contributed by atoms with E-state index in [1.165, 1.54) is 18.5 Å². The number of aromatic amines is 1. The fourth-order valence-corrected chi connectivity index (χ4v) is 4.21. The Labute approximate surface area is 174 Å². The van der Waals surface area contributed by atoms with Crippen molar-refractivity contribution in [1.29, 1.82) is 0 Å². The molecule has 1 aromatic carbocycles. The van der Waals surface area contributed by atoms with E-state index in [9.17, 15) is 19.8 Å². The first-order chi connectivity index (χ1) is 14.2. The van der Waals surface area contributed by atoms with Gasteiger partial charge in [0.25, 0.3) is 5.56 Å². The molecule has 0 spiro atoms. The molecule has 1 fully saturated rings. The summed E-state index contributed by atoms with van der Waals surface area (Å²) >= 11 is 0. The third kappa shape index (κ3) is 3.39. The molecular weight excluding hydrogens is 382 g/mol. The Morgan fingerprint density at radius 1 is 1.30 bits per heavy atom. The van der Waals surface area contributed by atoms with E-state index in [1.807, 2.05) is 39.1 Å². The number of carbonyl (C=O) groups is 1. The second kappa shape index (κ2) is 7.32. The van der Waals surface area contributed by atoms with Crippen molar-refractivity contribution in [3.05, 3.63) is 51.4 Å². The van der Waals surface area contributed by atoms with Gasteiger partial charge in [-0.25, -0.2) is 4.79 Å². The summed E-state index contributed by atoms with van der Waals surface area (Å²) in [6, 6.07) is 8.69. The van der Waals surface area contributed by atoms with E-state index < -0.39 is 22.8 Å². The minimum absolute atomic E-state index is 0.177. The van der Waals surface area contributed by atoms with E-state index in [2.05, 4.69) is 27.6 Å². The zero-order chi connectivity index (χ0) is 21.7. The zero-order valence-corrected chi connectivity index (χ0v) is 17.7. The van der Waals surface area contributed by atoms with Gasteiger partial charge in [0.15, 0.2) is 5.56 Å². The molecule has 0 atom stereocenters. The van der Waals surface area contributed by atoms with Crippen LogP contribution in [0.2, 0.25) is 0 Å². The first kappa shape index (κ1) is 20.2. The number of aryl methyl sites for hydroxylation is 1. The van der Waals surface area contributed by atoms with Crippen molar-refractivity contribution in [2.75, 3.05) is 7.05 Å². The summed E-state index contributed by atoms with van der Waals surface area (Å²) in [5.41, 5.74) is 2.49. The highest BCUT2D eigenvalue weighted by molar-refractivity contribution is 5.93. The lowest BCUT2D eigenvalue weighted by molar-refractivity contribution is 0.0691. The summed E-state index contributed by atoms with van der Waals surface area (Å²) in [6.45, 7) is 4.58. The average Bonchev–Trinajstić information content (AvgIpc) is 3.46. The normalized spacial score (nSPS) is 14.2. The Balaban J connectivity index is 1.83. The maximum atomic E-state index is 12.4. The molecule has 2 aromatic heterocycles. The summed E-state index contributed by atoms with van der Waals surface area (Å²) < 4.78 is 2.18. The quantitative estimate of drug-likeness (QED) is 0.577. The third-order valence-electron chi connectivity index (χ3n) is 6.03. The molecular formula is C23H27N3O4. The molecule has 7 nitrogen and oxygen atoms in total. The Morgan fingerprint density at radius 2 is 2.00 bits per heavy atom. The molecule has 1 aliphatic rings. The number of fused-ring (bicyclic) bond motifs is 1. The Morgan fingerprint density at radius 3 is 2.60 bits per heavy atom. The van der Waals surface area contributed by atoms with Crippen molar-refractivity contribution in [2.24, 2.45) is 7.05 Å². The van der Waals surface area contributed by atoms with E-state index in [4.69, 9.17) is 0 Å². The molecule has 0 unspecified atom stereocenters. The molecule has 7 heteroatoms. The first-order valence-electron chi connectivity index (χ1n) is 10.2. The number of aromatic nitrogens is 2. The summed E-state index contributed by atoms with van der Waals surface area (Å²) in [5.74, 6) is -2.08. The molecule has 0 aliphatic heterocycles. The van der Waals surface area contributed by atoms with Gasteiger partial charge in [-0.15, -0.1) is 0 Å². The number of nitrogens with zero attached hydrogens (tertiary/aromatic N) is 2. The average molecular weight is 409 g/mol. The largest absolute Gasteiger partial charge is 0.506 e. The number of carboxylic acids is 1. The van der Waals surface area contributed by atoms with Gasteiger partial charge in [-0.1, -0.05) is 19.9 Å². The number of aromatic carboxylic acids is 1. The molecule has 3 aromatic rings. The monoisotopic (exact) mass is 409 g/mol. The zero-order valence-electron chi connectivity index (χ0n) is 17.7. The van der Waals surface area contributed by atoms with Crippen LogP contribution in [0.5, 0.6) is 5.75 Å². The molecule has 1 saturated carbocycles. The number of nitrogens with one attached hydrogen (secondary N) is 1. The molecule has 2 heterocycles. The van der Waals surface area contributed by atoms with Crippen LogP contribution in [0.4, 0.5) is 0 Å². The highest BCUT2D eigenvalue weighted by Gasteiger charge is 2.27. The van der Waals surface area contributed by atoms with Crippen LogP contribution in [0.15, 0.2) is 29.1 Å². The number of H-pyrrole nitrogens is 1. The molecule has 0 amide bonds. The highest BCUT2D eigenvalue weighted by Crippen LogP contribution is 2.36. The summed E-state index contributed by atoms with van der Waals surface area (Å²) in [4.78, 5) is 28.9. The van der Waals surface area contributed by atoms with Gasteiger partial charge in [0.05, 0.1) is 5.69 Å². The summed E-state index contributed by atoms with van der Waals surface area (Å²) in [7, 11) is 4.19. The van der Waals surface area contributed by atoms with Crippen LogP contribution in [-0.2, 0) is 13.6 Å². The van der Waals surface area contributed by atoms with Gasteiger partial charge in [-0.2, -0.15) is 0 Å². The van der Waals surface area contributed by atoms with Crippen molar-refractivity contribution in [3.8, 4) is 17.0 Å². The van der Waals surface area contributed by atoms with E-state index in [0.717, 1.165) is 23.0 Å². The first-order valence-corrected chi connectivity index (χ1v) is 10.2. The molecule has 0 radical (unpaired) electrons. The van der Waals surface area contributed by atoms with Gasteiger partial charge in [0, 0.05) is 41.8 Å². The van der Waals surface area contributed by atoms with E-state index in [-0.39, 0.29) is 5.92 Å². The van der Waals surface area contributed by atoms with Gasteiger partial charge < -0.3 is 19.8 Å². The maximum absolute atomic E-state index is 12.4. The predicted octanol–water partition coefficient (Wildman–Crippen LogP) is 3.66. The van der Waals surface area contributed by atoms with Crippen molar-refractivity contribution >= 4 is 16.9 Å². The van der Waals surface area contributed by atoms with Crippen molar-refractivity contribution in [2.45, 2.75) is 45.2 Å².